The zero-order chi connectivity index (χ0) is 13.3. The van der Waals surface area contributed by atoms with Crippen LogP contribution in [-0.4, -0.2) is 12.8 Å². The van der Waals surface area contributed by atoms with Gasteiger partial charge < -0.3 is 0 Å². The third kappa shape index (κ3) is 2.46. The summed E-state index contributed by atoms with van der Waals surface area (Å²) < 4.78 is 68.3. The fourth-order valence-corrected chi connectivity index (χ4v) is 2.95. The number of hydrogen-bond acceptors (Lipinski definition) is 4. The van der Waals surface area contributed by atoms with Crippen molar-refractivity contribution in [3.63, 3.8) is 0 Å². The second-order valence-corrected chi connectivity index (χ2v) is 5.49. The highest BCUT2D eigenvalue weighted by Crippen LogP contribution is 2.23. The lowest BCUT2D eigenvalue weighted by Crippen LogP contribution is -2.16. The average Bonchev–Trinajstić information content (AvgIpc) is 2.66. The fourth-order valence-electron chi connectivity index (χ4n) is 1.25. The molecule has 1 N–H and O–H groups in total. The Balaban J connectivity index is 2.48. The van der Waals surface area contributed by atoms with E-state index in [4.69, 9.17) is 0 Å². The maximum atomic E-state index is 13.3. The average molecular weight is 294 g/mol. The maximum absolute atomic E-state index is 13.3. The predicted octanol–water partition coefficient (Wildman–Crippen LogP) is 2.36. The van der Waals surface area contributed by atoms with Gasteiger partial charge in [0.05, 0.1) is 11.9 Å². The number of benzene rings is 1. The van der Waals surface area contributed by atoms with Crippen molar-refractivity contribution in [3.8, 4) is 0 Å². The molecule has 0 unspecified atom stereocenters. The number of sulfonamides is 1. The Bertz CT molecular complexity index is 648. The highest BCUT2D eigenvalue weighted by atomic mass is 32.2. The van der Waals surface area contributed by atoms with E-state index in [1.54, 1.807) is 0 Å². The largest absolute Gasteiger partial charge is 0.277 e. The van der Waals surface area contributed by atoms with E-state index in [9.17, 15) is 21.6 Å². The standard InChI is InChI=1S/C9H5F3N2O2S2/c10-5-1-7(11)9(8(12)2-5)18(15,16)14-6-3-13-17-4-6/h1-4,14H. The van der Waals surface area contributed by atoms with Crippen LogP contribution >= 0.6 is 11.5 Å². The van der Waals surface area contributed by atoms with Gasteiger partial charge in [-0.2, -0.15) is 4.37 Å². The molecule has 2 aromatic rings. The lowest BCUT2D eigenvalue weighted by atomic mass is 10.3. The zero-order valence-corrected chi connectivity index (χ0v) is 10.2. The Morgan fingerprint density at radius 1 is 1.17 bits per heavy atom. The van der Waals surface area contributed by atoms with Crippen molar-refractivity contribution < 1.29 is 21.6 Å². The smallest absolute Gasteiger partial charge is 0.267 e. The van der Waals surface area contributed by atoms with Crippen molar-refractivity contribution in [2.45, 2.75) is 4.90 Å². The molecule has 0 saturated carbocycles. The molecule has 0 aliphatic heterocycles. The van der Waals surface area contributed by atoms with Crippen LogP contribution in [0.15, 0.2) is 28.6 Å². The summed E-state index contributed by atoms with van der Waals surface area (Å²) in [5.74, 6) is -4.19. The van der Waals surface area contributed by atoms with Crippen LogP contribution in [0.25, 0.3) is 0 Å². The minimum Gasteiger partial charge on any atom is -0.277 e. The van der Waals surface area contributed by atoms with E-state index >= 15 is 0 Å². The van der Waals surface area contributed by atoms with Gasteiger partial charge in [-0.25, -0.2) is 21.6 Å². The minimum absolute atomic E-state index is 0.0723. The summed E-state index contributed by atoms with van der Waals surface area (Å²) in [6, 6.07) is 0.590. The first-order chi connectivity index (χ1) is 8.40. The molecule has 0 spiro atoms. The van der Waals surface area contributed by atoms with Crippen molar-refractivity contribution in [3.05, 3.63) is 41.2 Å². The molecule has 1 heterocycles. The van der Waals surface area contributed by atoms with Crippen molar-refractivity contribution in [1.82, 2.24) is 4.37 Å². The minimum atomic E-state index is -4.46. The van der Waals surface area contributed by atoms with E-state index in [2.05, 4.69) is 4.37 Å². The van der Waals surface area contributed by atoms with Crippen molar-refractivity contribution >= 4 is 27.2 Å². The van der Waals surface area contributed by atoms with E-state index < -0.39 is 32.4 Å². The lowest BCUT2D eigenvalue weighted by Gasteiger charge is -2.07. The fraction of sp³-hybridized carbons (Fsp3) is 0. The summed E-state index contributed by atoms with van der Waals surface area (Å²) >= 11 is 0.962. The van der Waals surface area contributed by atoms with Gasteiger partial charge in [-0.3, -0.25) is 4.72 Å². The van der Waals surface area contributed by atoms with Crippen LogP contribution in [0.4, 0.5) is 18.9 Å². The molecule has 0 radical (unpaired) electrons. The van der Waals surface area contributed by atoms with Crippen molar-refractivity contribution in [2.75, 3.05) is 4.72 Å². The molecule has 0 bridgehead atoms. The molecule has 18 heavy (non-hydrogen) atoms. The monoisotopic (exact) mass is 294 g/mol. The summed E-state index contributed by atoms with van der Waals surface area (Å²) in [6.45, 7) is 0. The normalized spacial score (nSPS) is 11.5. The highest BCUT2D eigenvalue weighted by Gasteiger charge is 2.25. The van der Waals surface area contributed by atoms with E-state index in [1.807, 2.05) is 4.72 Å². The first-order valence-corrected chi connectivity index (χ1v) is 6.79. The molecule has 2 rings (SSSR count). The van der Waals surface area contributed by atoms with Gasteiger partial charge in [-0.05, 0) is 11.5 Å². The highest BCUT2D eigenvalue weighted by molar-refractivity contribution is 7.92. The van der Waals surface area contributed by atoms with E-state index in [1.165, 1.54) is 11.6 Å². The van der Waals surface area contributed by atoms with Gasteiger partial charge in [0.2, 0.25) is 0 Å². The number of anilines is 1. The molecule has 0 atom stereocenters. The third-order valence-corrected chi connectivity index (χ3v) is 3.93. The second kappa shape index (κ2) is 4.58. The number of nitrogens with zero attached hydrogens (tertiary/aromatic N) is 1. The number of rotatable bonds is 3. The molecule has 4 nitrogen and oxygen atoms in total. The van der Waals surface area contributed by atoms with Crippen LogP contribution in [0, 0.1) is 17.5 Å². The molecule has 0 aliphatic carbocycles. The van der Waals surface area contributed by atoms with Gasteiger partial charge in [-0.15, -0.1) is 0 Å². The van der Waals surface area contributed by atoms with Crippen LogP contribution < -0.4 is 4.72 Å². The second-order valence-electron chi connectivity index (χ2n) is 3.22. The first-order valence-electron chi connectivity index (χ1n) is 4.47. The molecule has 0 aliphatic rings. The van der Waals surface area contributed by atoms with E-state index in [-0.39, 0.29) is 5.69 Å². The van der Waals surface area contributed by atoms with Gasteiger partial charge >= 0.3 is 0 Å². The van der Waals surface area contributed by atoms with Crippen LogP contribution in [0.2, 0.25) is 0 Å². The molecule has 0 fully saturated rings. The molecular formula is C9H5F3N2O2S2. The summed E-state index contributed by atoms with van der Waals surface area (Å²) in [7, 11) is -4.46. The SMILES string of the molecule is O=S(=O)(Nc1cnsc1)c1c(F)cc(F)cc1F. The van der Waals surface area contributed by atoms with Gasteiger partial charge in [-0.1, -0.05) is 0 Å². The van der Waals surface area contributed by atoms with Gasteiger partial charge in [0.1, 0.15) is 17.5 Å². The summed E-state index contributed by atoms with van der Waals surface area (Å²) in [5.41, 5.74) is 0.0723. The van der Waals surface area contributed by atoms with Crippen LogP contribution in [0.1, 0.15) is 0 Å². The number of halogens is 3. The van der Waals surface area contributed by atoms with E-state index in [0.717, 1.165) is 11.5 Å². The molecule has 0 amide bonds. The molecule has 0 saturated heterocycles. The molecule has 1 aromatic carbocycles. The molecular weight excluding hydrogens is 289 g/mol. The summed E-state index contributed by atoms with van der Waals surface area (Å²) in [4.78, 5) is -1.23. The molecule has 1 aromatic heterocycles. The summed E-state index contributed by atoms with van der Waals surface area (Å²) in [5, 5.41) is 1.34. The number of aromatic nitrogens is 1. The van der Waals surface area contributed by atoms with Gasteiger partial charge in [0.15, 0.2) is 4.90 Å². The molecule has 9 heteroatoms. The van der Waals surface area contributed by atoms with E-state index in [0.29, 0.717) is 12.1 Å². The van der Waals surface area contributed by atoms with Gasteiger partial charge in [0, 0.05) is 17.5 Å². The Morgan fingerprint density at radius 2 is 1.78 bits per heavy atom. The zero-order valence-electron chi connectivity index (χ0n) is 8.52. The first kappa shape index (κ1) is 12.8. The third-order valence-electron chi connectivity index (χ3n) is 1.92. The Morgan fingerprint density at radius 3 is 2.28 bits per heavy atom. The maximum Gasteiger partial charge on any atom is 0.267 e. The topological polar surface area (TPSA) is 59.1 Å². The van der Waals surface area contributed by atoms with Crippen LogP contribution in [0.5, 0.6) is 0 Å². The quantitative estimate of drug-likeness (QED) is 0.945. The number of nitrogens with one attached hydrogen (secondary N) is 1. The lowest BCUT2D eigenvalue weighted by molar-refractivity contribution is 0.498. The van der Waals surface area contributed by atoms with Gasteiger partial charge in [0.25, 0.3) is 10.0 Å². The number of hydrogen-bond donors (Lipinski definition) is 1. The molecule has 96 valence electrons. The van der Waals surface area contributed by atoms with Crippen molar-refractivity contribution in [1.29, 1.82) is 0 Å². The summed E-state index contributed by atoms with van der Waals surface area (Å²) in [6.07, 6.45) is 1.18. The van der Waals surface area contributed by atoms with Crippen LogP contribution in [-0.2, 0) is 10.0 Å². The predicted molar refractivity (Wildman–Crippen MR) is 59.2 cm³/mol. The Hall–Kier alpha value is -1.61. The van der Waals surface area contributed by atoms with Crippen LogP contribution in [0.3, 0.4) is 0 Å². The van der Waals surface area contributed by atoms with Crippen molar-refractivity contribution in [2.24, 2.45) is 0 Å². The Kier molecular flexibility index (Phi) is 3.26. The Labute approximate surface area is 104 Å².